The minimum absolute atomic E-state index is 0.139. The largest absolute Gasteiger partial charge is 0.459 e. The van der Waals surface area contributed by atoms with Crippen molar-refractivity contribution in [3.63, 3.8) is 0 Å². The molecule has 2 aromatic carbocycles. The van der Waals surface area contributed by atoms with Crippen LogP contribution < -0.4 is 0 Å². The first-order valence-electron chi connectivity index (χ1n) is 11.4. The Labute approximate surface area is 218 Å². The number of thiocarbonyl (C=S) groups is 1. The van der Waals surface area contributed by atoms with Crippen molar-refractivity contribution in [1.29, 1.82) is 0 Å². The fourth-order valence-corrected chi connectivity index (χ4v) is 5.01. The van der Waals surface area contributed by atoms with Crippen LogP contribution in [-0.4, -0.2) is 53.6 Å². The quantitative estimate of drug-likeness (QED) is 0.246. The van der Waals surface area contributed by atoms with Crippen molar-refractivity contribution in [3.8, 4) is 11.3 Å². The molecular weight excluding hydrogens is 498 g/mol. The Kier molecular flexibility index (Phi) is 7.62. The van der Waals surface area contributed by atoms with Crippen molar-refractivity contribution < 1.29 is 28.2 Å². The normalized spacial score (nSPS) is 19.2. The van der Waals surface area contributed by atoms with E-state index in [-0.39, 0.29) is 18.6 Å². The second-order valence-corrected chi connectivity index (χ2v) is 9.87. The summed E-state index contributed by atoms with van der Waals surface area (Å²) in [4.78, 5) is 27.3. The molecule has 36 heavy (non-hydrogen) atoms. The van der Waals surface area contributed by atoms with E-state index in [0.29, 0.717) is 52.7 Å². The van der Waals surface area contributed by atoms with Gasteiger partial charge in [-0.05, 0) is 29.8 Å². The van der Waals surface area contributed by atoms with Crippen molar-refractivity contribution >= 4 is 46.3 Å². The van der Waals surface area contributed by atoms with Crippen LogP contribution in [0, 0.1) is 0 Å². The number of amides is 1. The number of thioether (sulfide) groups is 1. The van der Waals surface area contributed by atoms with Gasteiger partial charge in [0.1, 0.15) is 28.6 Å². The molecule has 9 heteroatoms. The smallest absolute Gasteiger partial charge is 0.338 e. The van der Waals surface area contributed by atoms with Gasteiger partial charge in [0.15, 0.2) is 0 Å². The van der Waals surface area contributed by atoms with Gasteiger partial charge < -0.3 is 18.6 Å². The Morgan fingerprint density at radius 2 is 1.89 bits per heavy atom. The molecular formula is C27H23NO6S2. The minimum atomic E-state index is -0.423. The number of ether oxygens (including phenoxy) is 3. The van der Waals surface area contributed by atoms with E-state index in [1.165, 1.54) is 11.8 Å². The molecule has 3 heterocycles. The van der Waals surface area contributed by atoms with Crippen LogP contribution in [0.3, 0.4) is 0 Å². The molecule has 1 unspecified atom stereocenters. The minimum Gasteiger partial charge on any atom is -0.459 e. The van der Waals surface area contributed by atoms with Gasteiger partial charge >= 0.3 is 5.97 Å². The molecule has 3 aromatic rings. The maximum Gasteiger partial charge on any atom is 0.338 e. The van der Waals surface area contributed by atoms with Crippen LogP contribution >= 0.6 is 24.0 Å². The van der Waals surface area contributed by atoms with E-state index in [0.717, 1.165) is 11.1 Å². The van der Waals surface area contributed by atoms with E-state index in [1.807, 2.05) is 36.4 Å². The van der Waals surface area contributed by atoms with Gasteiger partial charge in [-0.15, -0.1) is 0 Å². The fourth-order valence-electron chi connectivity index (χ4n) is 3.77. The third-order valence-corrected chi connectivity index (χ3v) is 7.03. The lowest BCUT2D eigenvalue weighted by Crippen LogP contribution is -2.33. The van der Waals surface area contributed by atoms with Crippen LogP contribution in [0.2, 0.25) is 0 Å². The fraction of sp³-hybridized carbons (Fsp3) is 0.222. The summed E-state index contributed by atoms with van der Waals surface area (Å²) >= 11 is 6.69. The number of benzene rings is 2. The first-order chi connectivity index (χ1) is 17.6. The number of esters is 1. The molecule has 2 saturated heterocycles. The van der Waals surface area contributed by atoms with Crippen LogP contribution in [-0.2, 0) is 25.5 Å². The van der Waals surface area contributed by atoms with Gasteiger partial charge in [0.25, 0.3) is 5.91 Å². The topological polar surface area (TPSA) is 78.2 Å². The van der Waals surface area contributed by atoms with Crippen molar-refractivity contribution in [1.82, 2.24) is 4.90 Å². The van der Waals surface area contributed by atoms with Crippen molar-refractivity contribution in [2.24, 2.45) is 0 Å². The highest BCUT2D eigenvalue weighted by Gasteiger charge is 2.32. The lowest BCUT2D eigenvalue weighted by molar-refractivity contribution is -0.122. The summed E-state index contributed by atoms with van der Waals surface area (Å²) in [5.41, 5.74) is 2.25. The molecule has 1 atom stereocenters. The molecule has 184 valence electrons. The lowest BCUT2D eigenvalue weighted by atomic mass is 10.1. The van der Waals surface area contributed by atoms with Crippen LogP contribution in [0.5, 0.6) is 0 Å². The van der Waals surface area contributed by atoms with Gasteiger partial charge in [-0.2, -0.15) is 0 Å². The van der Waals surface area contributed by atoms with E-state index >= 15 is 0 Å². The number of carbonyl (C=O) groups is 2. The van der Waals surface area contributed by atoms with Crippen molar-refractivity contribution in [2.45, 2.75) is 12.6 Å². The highest BCUT2D eigenvalue weighted by Crippen LogP contribution is 2.34. The molecule has 1 aromatic heterocycles. The Morgan fingerprint density at radius 1 is 1.08 bits per heavy atom. The van der Waals surface area contributed by atoms with Gasteiger partial charge in [0, 0.05) is 11.6 Å². The standard InChI is InChI=1S/C27H23NO6S2/c29-25-24(36-27(35)28(25)15-18-4-2-1-3-5-18)14-21-10-11-23(34-21)19-6-8-20(9-7-19)26(30)33-17-22-16-31-12-13-32-22/h1-11,14,22H,12-13,15-17H2/b24-14+. The molecule has 0 N–H and O–H groups in total. The second-order valence-electron chi connectivity index (χ2n) is 8.20. The average molecular weight is 522 g/mol. The van der Waals surface area contributed by atoms with E-state index in [4.69, 9.17) is 30.8 Å². The molecule has 1 amide bonds. The SMILES string of the molecule is O=C(OCC1COCCO1)c1ccc(-c2ccc(/C=C3/SC(=S)N(Cc4ccccc4)C3=O)o2)cc1. The number of hydrogen-bond acceptors (Lipinski definition) is 8. The summed E-state index contributed by atoms with van der Waals surface area (Å²) in [6.07, 6.45) is 1.47. The van der Waals surface area contributed by atoms with E-state index in [9.17, 15) is 9.59 Å². The lowest BCUT2D eigenvalue weighted by Gasteiger charge is -2.22. The third kappa shape index (κ3) is 5.76. The van der Waals surface area contributed by atoms with Crippen LogP contribution in [0.4, 0.5) is 0 Å². The Bertz CT molecular complexity index is 1280. The summed E-state index contributed by atoms with van der Waals surface area (Å²) in [7, 11) is 0. The maximum atomic E-state index is 12.9. The number of nitrogens with zero attached hydrogens (tertiary/aromatic N) is 1. The summed E-state index contributed by atoms with van der Waals surface area (Å²) < 4.78 is 22.6. The van der Waals surface area contributed by atoms with Gasteiger partial charge in [-0.25, -0.2) is 4.79 Å². The number of hydrogen-bond donors (Lipinski definition) is 0. The highest BCUT2D eigenvalue weighted by molar-refractivity contribution is 8.26. The van der Waals surface area contributed by atoms with E-state index in [2.05, 4.69) is 0 Å². The molecule has 0 radical (unpaired) electrons. The molecule has 2 fully saturated rings. The maximum absolute atomic E-state index is 12.9. The Balaban J connectivity index is 1.21. The number of rotatable bonds is 7. The molecule has 0 spiro atoms. The van der Waals surface area contributed by atoms with Gasteiger partial charge in [0.05, 0.1) is 36.8 Å². The zero-order valence-corrected chi connectivity index (χ0v) is 20.9. The second kappa shape index (κ2) is 11.2. The monoisotopic (exact) mass is 521 g/mol. The molecule has 7 nitrogen and oxygen atoms in total. The molecule has 0 bridgehead atoms. The van der Waals surface area contributed by atoms with E-state index in [1.54, 1.807) is 41.3 Å². The van der Waals surface area contributed by atoms with Crippen molar-refractivity contribution in [2.75, 3.05) is 26.4 Å². The highest BCUT2D eigenvalue weighted by atomic mass is 32.2. The summed E-state index contributed by atoms with van der Waals surface area (Å²) in [6.45, 7) is 2.07. The number of carbonyl (C=O) groups excluding carboxylic acids is 2. The first-order valence-corrected chi connectivity index (χ1v) is 12.7. The molecule has 2 aliphatic rings. The zero-order valence-electron chi connectivity index (χ0n) is 19.3. The molecule has 2 aliphatic heterocycles. The predicted octanol–water partition coefficient (Wildman–Crippen LogP) is 4.92. The van der Waals surface area contributed by atoms with Crippen molar-refractivity contribution in [3.05, 3.63) is 88.5 Å². The number of furan rings is 1. The molecule has 5 rings (SSSR count). The third-order valence-electron chi connectivity index (χ3n) is 5.65. The Hall–Kier alpha value is -3.24. The summed E-state index contributed by atoms with van der Waals surface area (Å²) in [5, 5.41) is 0. The van der Waals surface area contributed by atoms with Gasteiger partial charge in [0.2, 0.25) is 0 Å². The summed E-state index contributed by atoms with van der Waals surface area (Å²) in [5.74, 6) is 0.602. The van der Waals surface area contributed by atoms with Crippen LogP contribution in [0.15, 0.2) is 76.1 Å². The predicted molar refractivity (Wildman–Crippen MR) is 140 cm³/mol. The zero-order chi connectivity index (χ0) is 24.9. The van der Waals surface area contributed by atoms with Crippen LogP contribution in [0.25, 0.3) is 17.4 Å². The first kappa shape index (κ1) is 24.5. The summed E-state index contributed by atoms with van der Waals surface area (Å²) in [6, 6.07) is 20.3. The molecule has 0 saturated carbocycles. The van der Waals surface area contributed by atoms with Gasteiger partial charge in [-0.1, -0.05) is 66.4 Å². The van der Waals surface area contributed by atoms with Gasteiger partial charge in [-0.3, -0.25) is 9.69 Å². The Morgan fingerprint density at radius 3 is 2.64 bits per heavy atom. The van der Waals surface area contributed by atoms with E-state index < -0.39 is 5.97 Å². The molecule has 0 aliphatic carbocycles. The average Bonchev–Trinajstić information content (AvgIpc) is 3.49. The van der Waals surface area contributed by atoms with Crippen LogP contribution in [0.1, 0.15) is 21.7 Å².